The van der Waals surface area contributed by atoms with Gasteiger partial charge in [0.05, 0.1) is 0 Å². The molecular weight excluding hydrogens is 380 g/mol. The highest BCUT2D eigenvalue weighted by atomic mass is 16.6. The van der Waals surface area contributed by atoms with Crippen LogP contribution in [0.25, 0.3) is 0 Å². The summed E-state index contributed by atoms with van der Waals surface area (Å²) in [4.78, 5) is 26.8. The van der Waals surface area contributed by atoms with Crippen LogP contribution in [0.15, 0.2) is 30.3 Å². The smallest absolute Gasteiger partial charge is 0.407 e. The van der Waals surface area contributed by atoms with Crippen LogP contribution in [0.2, 0.25) is 0 Å². The molecule has 0 saturated heterocycles. The van der Waals surface area contributed by atoms with Gasteiger partial charge in [-0.25, -0.2) is 10.2 Å². The van der Waals surface area contributed by atoms with E-state index in [1.54, 1.807) is 0 Å². The van der Waals surface area contributed by atoms with E-state index >= 15 is 0 Å². The van der Waals surface area contributed by atoms with Crippen molar-refractivity contribution in [2.24, 2.45) is 5.92 Å². The van der Waals surface area contributed by atoms with Crippen LogP contribution in [0.5, 0.6) is 0 Å². The molecule has 7 nitrogen and oxygen atoms in total. The lowest BCUT2D eigenvalue weighted by molar-refractivity contribution is -0.123. The predicted molar refractivity (Wildman–Crippen MR) is 122 cm³/mol. The molecule has 0 fully saturated rings. The zero-order valence-corrected chi connectivity index (χ0v) is 19.5. The molecule has 1 aromatic carbocycles. The Balaban J connectivity index is 2.54. The molecule has 7 heteroatoms. The highest BCUT2D eigenvalue weighted by molar-refractivity contribution is 5.85. The van der Waals surface area contributed by atoms with Crippen molar-refractivity contribution < 1.29 is 14.3 Å². The molecule has 1 atom stereocenters. The predicted octanol–water partition coefficient (Wildman–Crippen LogP) is 3.85. The largest absolute Gasteiger partial charge is 0.444 e. The normalized spacial score (nSPS) is 12.4. The van der Waals surface area contributed by atoms with Gasteiger partial charge in [0.1, 0.15) is 11.6 Å². The number of amides is 2. The summed E-state index contributed by atoms with van der Waals surface area (Å²) in [6.45, 7) is 13.7. The molecule has 0 aliphatic carbocycles. The van der Waals surface area contributed by atoms with E-state index in [4.69, 9.17) is 4.74 Å². The molecule has 170 valence electrons. The van der Waals surface area contributed by atoms with Crippen LogP contribution in [0.4, 0.5) is 10.5 Å². The molecule has 30 heavy (non-hydrogen) atoms. The third-order valence-corrected chi connectivity index (χ3v) is 4.28. The Kier molecular flexibility index (Phi) is 11.3. The maximum atomic E-state index is 13.0. The Morgan fingerprint density at radius 3 is 2.33 bits per heavy atom. The number of carbonyl (C=O) groups excluding carboxylic acids is 2. The highest BCUT2D eigenvalue weighted by Crippen LogP contribution is 2.21. The molecule has 0 unspecified atom stereocenters. The lowest BCUT2D eigenvalue weighted by atomic mass is 10.0. The third-order valence-electron chi connectivity index (χ3n) is 4.28. The lowest BCUT2D eigenvalue weighted by Gasteiger charge is -2.33. The highest BCUT2D eigenvalue weighted by Gasteiger charge is 2.26. The van der Waals surface area contributed by atoms with E-state index in [9.17, 15) is 9.59 Å². The van der Waals surface area contributed by atoms with E-state index in [-0.39, 0.29) is 11.9 Å². The van der Waals surface area contributed by atoms with Gasteiger partial charge in [-0.3, -0.25) is 10.2 Å². The quantitative estimate of drug-likeness (QED) is 0.353. The van der Waals surface area contributed by atoms with Gasteiger partial charge in [0.25, 0.3) is 5.91 Å². The van der Waals surface area contributed by atoms with Gasteiger partial charge >= 0.3 is 6.09 Å². The second-order valence-electron chi connectivity index (χ2n) is 8.87. The lowest BCUT2D eigenvalue weighted by Crippen LogP contribution is -2.52. The van der Waals surface area contributed by atoms with Crippen LogP contribution in [-0.4, -0.2) is 43.3 Å². The number of hydrazine groups is 1. The molecule has 0 aliphatic heterocycles. The van der Waals surface area contributed by atoms with Crippen LogP contribution in [0.1, 0.15) is 60.8 Å². The zero-order chi connectivity index (χ0) is 22.6. The summed E-state index contributed by atoms with van der Waals surface area (Å²) in [7, 11) is 0. The van der Waals surface area contributed by atoms with Gasteiger partial charge in [0.15, 0.2) is 0 Å². The molecule has 0 heterocycles. The number of nitrogens with zero attached hydrogens (tertiary/aromatic N) is 1. The number of hydrogen-bond donors (Lipinski definition) is 3. The summed E-state index contributed by atoms with van der Waals surface area (Å²) in [5, 5.41) is 2.71. The molecule has 2 amide bonds. The van der Waals surface area contributed by atoms with Crippen molar-refractivity contribution in [2.75, 3.05) is 24.5 Å². The molecule has 0 radical (unpaired) electrons. The molecule has 0 spiro atoms. The topological polar surface area (TPSA) is 82.7 Å². The summed E-state index contributed by atoms with van der Waals surface area (Å²) >= 11 is 0. The van der Waals surface area contributed by atoms with Crippen LogP contribution in [-0.2, 0) is 9.53 Å². The number of ether oxygens (including phenoxy) is 1. The maximum absolute atomic E-state index is 13.0. The number of hydrogen-bond acceptors (Lipinski definition) is 5. The molecule has 0 bridgehead atoms. The summed E-state index contributed by atoms with van der Waals surface area (Å²) in [6, 6.07) is 9.83. The van der Waals surface area contributed by atoms with E-state index in [1.807, 2.05) is 51.1 Å². The fourth-order valence-electron chi connectivity index (χ4n) is 3.06. The van der Waals surface area contributed by atoms with Crippen LogP contribution in [0.3, 0.4) is 0 Å². The molecular formula is C23H40N4O3. The van der Waals surface area contributed by atoms with E-state index in [0.717, 1.165) is 25.1 Å². The van der Waals surface area contributed by atoms with Crippen molar-refractivity contribution in [1.82, 2.24) is 16.2 Å². The van der Waals surface area contributed by atoms with Crippen LogP contribution < -0.4 is 21.1 Å². The molecule has 1 aromatic rings. The van der Waals surface area contributed by atoms with Crippen molar-refractivity contribution in [3.05, 3.63) is 30.3 Å². The first-order chi connectivity index (χ1) is 14.1. The number of anilines is 1. The standard InChI is InChI=1S/C23H40N4O3/c1-7-16-27(19-12-9-8-10-13-19)20(17-18(2)3)21(28)26-25-15-11-14-24-22(29)30-23(4,5)6/h8-10,12-13,18,20,25H,7,11,14-17H2,1-6H3,(H,24,29)(H,26,28)/t20-/m0/s1. The number of benzene rings is 1. The van der Waals surface area contributed by atoms with E-state index in [2.05, 4.69) is 41.8 Å². The van der Waals surface area contributed by atoms with Crippen LogP contribution >= 0.6 is 0 Å². The zero-order valence-electron chi connectivity index (χ0n) is 19.5. The van der Waals surface area contributed by atoms with Gasteiger partial charge < -0.3 is 15.0 Å². The Labute approximate surface area is 181 Å². The fraction of sp³-hybridized carbons (Fsp3) is 0.652. The summed E-state index contributed by atoms with van der Waals surface area (Å²) < 4.78 is 5.20. The maximum Gasteiger partial charge on any atom is 0.407 e. The van der Waals surface area contributed by atoms with E-state index in [0.29, 0.717) is 25.4 Å². The SMILES string of the molecule is CCCN(c1ccccc1)[C@@H](CC(C)C)C(=O)NNCCCNC(=O)OC(C)(C)C. The number of para-hydroxylation sites is 1. The molecule has 3 N–H and O–H groups in total. The third kappa shape index (κ3) is 10.5. The second kappa shape index (κ2) is 13.1. The Bertz CT molecular complexity index is 629. The van der Waals surface area contributed by atoms with Gasteiger partial charge in [0.2, 0.25) is 0 Å². The molecule has 0 aliphatic rings. The van der Waals surface area contributed by atoms with Gasteiger partial charge in [-0.15, -0.1) is 0 Å². The molecule has 0 saturated carbocycles. The van der Waals surface area contributed by atoms with Crippen molar-refractivity contribution in [3.8, 4) is 0 Å². The van der Waals surface area contributed by atoms with Crippen molar-refractivity contribution in [3.63, 3.8) is 0 Å². The van der Waals surface area contributed by atoms with Gasteiger partial charge in [-0.1, -0.05) is 39.0 Å². The molecule has 0 aromatic heterocycles. The molecule has 1 rings (SSSR count). The number of alkyl carbamates (subject to hydrolysis) is 1. The number of rotatable bonds is 12. The van der Waals surface area contributed by atoms with Crippen molar-refractivity contribution in [2.45, 2.75) is 72.4 Å². The van der Waals surface area contributed by atoms with Gasteiger partial charge in [0, 0.05) is 25.3 Å². The average molecular weight is 421 g/mol. The summed E-state index contributed by atoms with van der Waals surface area (Å²) in [5.41, 5.74) is 6.39. The second-order valence-corrected chi connectivity index (χ2v) is 8.87. The van der Waals surface area contributed by atoms with Crippen molar-refractivity contribution >= 4 is 17.7 Å². The summed E-state index contributed by atoms with van der Waals surface area (Å²) in [6.07, 6.45) is 1.97. The first kappa shape index (κ1) is 25.8. The monoisotopic (exact) mass is 420 g/mol. The average Bonchev–Trinajstić information content (AvgIpc) is 2.66. The minimum absolute atomic E-state index is 0.0406. The minimum atomic E-state index is -0.509. The fourth-order valence-corrected chi connectivity index (χ4v) is 3.06. The first-order valence-electron chi connectivity index (χ1n) is 10.9. The number of nitrogens with one attached hydrogen (secondary N) is 3. The van der Waals surface area contributed by atoms with Crippen molar-refractivity contribution in [1.29, 1.82) is 0 Å². The van der Waals surface area contributed by atoms with E-state index in [1.165, 1.54) is 0 Å². The van der Waals surface area contributed by atoms with Crippen LogP contribution in [0, 0.1) is 5.92 Å². The minimum Gasteiger partial charge on any atom is -0.444 e. The van der Waals surface area contributed by atoms with Gasteiger partial charge in [-0.05, 0) is 58.1 Å². The first-order valence-corrected chi connectivity index (χ1v) is 10.9. The van der Waals surface area contributed by atoms with Gasteiger partial charge in [-0.2, -0.15) is 0 Å². The Morgan fingerprint density at radius 1 is 1.10 bits per heavy atom. The number of carbonyl (C=O) groups is 2. The summed E-state index contributed by atoms with van der Waals surface area (Å²) in [5.74, 6) is 0.350. The Morgan fingerprint density at radius 2 is 1.77 bits per heavy atom. The Hall–Kier alpha value is -2.28. The van der Waals surface area contributed by atoms with E-state index < -0.39 is 11.7 Å².